The summed E-state index contributed by atoms with van der Waals surface area (Å²) < 4.78 is 10.3. The standard InChI is InChI=1S/C9H17N5O2/c1-15-8-7-9(16-2)12-14(11-8)13-5-3-10-4-6-13/h7,10-11H,3-6H2,1-2H3. The van der Waals surface area contributed by atoms with Crippen molar-refractivity contribution in [3.05, 3.63) is 12.0 Å². The maximum absolute atomic E-state index is 5.15. The first-order valence-electron chi connectivity index (χ1n) is 5.24. The zero-order valence-corrected chi connectivity index (χ0v) is 9.56. The summed E-state index contributed by atoms with van der Waals surface area (Å²) in [5, 5.41) is 11.3. The molecule has 2 aliphatic rings. The van der Waals surface area contributed by atoms with Crippen LogP contribution in [0.2, 0.25) is 0 Å². The van der Waals surface area contributed by atoms with Crippen molar-refractivity contribution in [3.8, 4) is 0 Å². The minimum Gasteiger partial charge on any atom is -0.481 e. The van der Waals surface area contributed by atoms with E-state index in [4.69, 9.17) is 9.47 Å². The number of hydrogen-bond acceptors (Lipinski definition) is 7. The van der Waals surface area contributed by atoms with Crippen LogP contribution in [0.1, 0.15) is 0 Å². The molecule has 90 valence electrons. The summed E-state index contributed by atoms with van der Waals surface area (Å²) in [5.41, 5.74) is 3.04. The number of methoxy groups -OCH3 is 2. The number of nitrogens with zero attached hydrogens (tertiary/aromatic N) is 3. The molecule has 0 unspecified atom stereocenters. The van der Waals surface area contributed by atoms with Crippen LogP contribution in [0.4, 0.5) is 0 Å². The molecule has 0 amide bonds. The molecule has 0 atom stereocenters. The highest BCUT2D eigenvalue weighted by molar-refractivity contribution is 5.88. The van der Waals surface area contributed by atoms with E-state index in [1.54, 1.807) is 25.5 Å². The van der Waals surface area contributed by atoms with Crippen molar-refractivity contribution < 1.29 is 9.47 Å². The van der Waals surface area contributed by atoms with Crippen LogP contribution in [0, 0.1) is 0 Å². The van der Waals surface area contributed by atoms with E-state index in [1.165, 1.54) is 0 Å². The first-order chi connectivity index (χ1) is 7.83. The lowest BCUT2D eigenvalue weighted by Gasteiger charge is -2.36. The van der Waals surface area contributed by atoms with Crippen LogP contribution in [-0.2, 0) is 9.47 Å². The average molecular weight is 227 g/mol. The zero-order valence-electron chi connectivity index (χ0n) is 9.56. The van der Waals surface area contributed by atoms with E-state index in [2.05, 4.69) is 20.9 Å². The van der Waals surface area contributed by atoms with Gasteiger partial charge in [-0.15, -0.1) is 10.3 Å². The second-order valence-electron chi connectivity index (χ2n) is 3.46. The molecule has 0 aromatic rings. The van der Waals surface area contributed by atoms with E-state index >= 15 is 0 Å². The molecule has 0 aliphatic carbocycles. The largest absolute Gasteiger partial charge is 0.481 e. The van der Waals surface area contributed by atoms with Crippen molar-refractivity contribution in [3.63, 3.8) is 0 Å². The predicted molar refractivity (Wildman–Crippen MR) is 59.0 cm³/mol. The normalized spacial score (nSPS) is 22.0. The molecule has 2 rings (SSSR count). The highest BCUT2D eigenvalue weighted by Gasteiger charge is 2.21. The Hall–Kier alpha value is -1.47. The molecule has 2 N–H and O–H groups in total. The van der Waals surface area contributed by atoms with Gasteiger partial charge in [-0.25, -0.2) is 5.43 Å². The fraction of sp³-hybridized carbons (Fsp3) is 0.667. The first kappa shape index (κ1) is 11.0. The van der Waals surface area contributed by atoms with Gasteiger partial charge in [0.25, 0.3) is 0 Å². The molecule has 1 saturated heterocycles. The number of hydrogen-bond donors (Lipinski definition) is 2. The third-order valence-electron chi connectivity index (χ3n) is 2.45. The van der Waals surface area contributed by atoms with Gasteiger partial charge in [0, 0.05) is 26.2 Å². The number of hydrazine groups is 2. The highest BCUT2D eigenvalue weighted by atomic mass is 16.5. The molecule has 0 spiro atoms. The summed E-state index contributed by atoms with van der Waals surface area (Å²) in [6.07, 6.45) is 1.71. The molecule has 0 radical (unpaired) electrons. The summed E-state index contributed by atoms with van der Waals surface area (Å²) in [7, 11) is 3.19. The summed E-state index contributed by atoms with van der Waals surface area (Å²) in [4.78, 5) is 0. The molecule has 0 saturated carbocycles. The molecule has 2 heterocycles. The molecule has 0 aromatic heterocycles. The Morgan fingerprint density at radius 1 is 1.25 bits per heavy atom. The Morgan fingerprint density at radius 3 is 2.62 bits per heavy atom. The molecule has 7 nitrogen and oxygen atoms in total. The van der Waals surface area contributed by atoms with Crippen molar-refractivity contribution in [2.24, 2.45) is 5.10 Å². The Balaban J connectivity index is 2.05. The van der Waals surface area contributed by atoms with E-state index < -0.39 is 0 Å². The minimum atomic E-state index is 0.522. The smallest absolute Gasteiger partial charge is 0.239 e. The van der Waals surface area contributed by atoms with Gasteiger partial charge in [0.1, 0.15) is 0 Å². The van der Waals surface area contributed by atoms with Crippen molar-refractivity contribution in [2.45, 2.75) is 0 Å². The Morgan fingerprint density at radius 2 is 2.00 bits per heavy atom. The summed E-state index contributed by atoms with van der Waals surface area (Å²) >= 11 is 0. The Bertz CT molecular complexity index is 298. The zero-order chi connectivity index (χ0) is 11.4. The molecular weight excluding hydrogens is 210 g/mol. The van der Waals surface area contributed by atoms with E-state index in [9.17, 15) is 0 Å². The van der Waals surface area contributed by atoms with Gasteiger partial charge < -0.3 is 14.8 Å². The topological polar surface area (TPSA) is 61.4 Å². The quantitative estimate of drug-likeness (QED) is 0.636. The lowest BCUT2D eigenvalue weighted by atomic mass is 10.4. The fourth-order valence-electron chi connectivity index (χ4n) is 1.57. The van der Waals surface area contributed by atoms with Gasteiger partial charge in [-0.3, -0.25) is 0 Å². The number of hydrazone groups is 1. The average Bonchev–Trinajstić information content (AvgIpc) is 2.39. The lowest BCUT2D eigenvalue weighted by Crippen LogP contribution is -2.56. The second-order valence-corrected chi connectivity index (χ2v) is 3.46. The number of rotatable bonds is 2. The van der Waals surface area contributed by atoms with E-state index in [0.717, 1.165) is 26.2 Å². The van der Waals surface area contributed by atoms with Gasteiger partial charge in [0.15, 0.2) is 0 Å². The molecule has 7 heteroatoms. The maximum atomic E-state index is 5.15. The van der Waals surface area contributed by atoms with Gasteiger partial charge >= 0.3 is 0 Å². The van der Waals surface area contributed by atoms with E-state index in [-0.39, 0.29) is 0 Å². The van der Waals surface area contributed by atoms with Crippen LogP contribution in [0.3, 0.4) is 0 Å². The Kier molecular flexibility index (Phi) is 3.47. The number of piperazine rings is 1. The van der Waals surface area contributed by atoms with Crippen LogP contribution < -0.4 is 10.7 Å². The number of nitrogens with one attached hydrogen (secondary N) is 2. The third-order valence-corrected chi connectivity index (χ3v) is 2.45. The summed E-state index contributed by atoms with van der Waals surface area (Å²) in [6, 6.07) is 0. The van der Waals surface area contributed by atoms with Crippen molar-refractivity contribution in [2.75, 3.05) is 40.4 Å². The highest BCUT2D eigenvalue weighted by Crippen LogP contribution is 2.07. The summed E-state index contributed by atoms with van der Waals surface area (Å²) in [6.45, 7) is 3.68. The molecule has 1 fully saturated rings. The van der Waals surface area contributed by atoms with Crippen LogP contribution in [0.25, 0.3) is 0 Å². The van der Waals surface area contributed by atoms with Crippen LogP contribution >= 0.6 is 0 Å². The van der Waals surface area contributed by atoms with Gasteiger partial charge in [-0.2, -0.15) is 5.01 Å². The van der Waals surface area contributed by atoms with Crippen LogP contribution in [-0.4, -0.2) is 56.5 Å². The van der Waals surface area contributed by atoms with Gasteiger partial charge in [0.2, 0.25) is 11.8 Å². The molecule has 0 aromatic carbocycles. The minimum absolute atomic E-state index is 0.522. The third kappa shape index (κ3) is 2.37. The molecule has 0 bridgehead atoms. The Labute approximate surface area is 94.6 Å². The van der Waals surface area contributed by atoms with Gasteiger partial charge in [-0.05, 0) is 0 Å². The van der Waals surface area contributed by atoms with E-state index in [0.29, 0.717) is 11.8 Å². The van der Waals surface area contributed by atoms with Gasteiger partial charge in [-0.1, -0.05) is 0 Å². The number of ether oxygens (including phenoxy) is 2. The van der Waals surface area contributed by atoms with Gasteiger partial charge in [0.05, 0.1) is 20.3 Å². The van der Waals surface area contributed by atoms with Crippen molar-refractivity contribution >= 4 is 5.90 Å². The van der Waals surface area contributed by atoms with Crippen molar-refractivity contribution in [1.29, 1.82) is 0 Å². The van der Waals surface area contributed by atoms with Crippen LogP contribution in [0.15, 0.2) is 17.1 Å². The SMILES string of the molecule is COC1=CC(OC)=NN(N2CCNCC2)N1. The molecule has 2 aliphatic heterocycles. The van der Waals surface area contributed by atoms with Crippen LogP contribution in [0.5, 0.6) is 0 Å². The maximum Gasteiger partial charge on any atom is 0.239 e. The first-order valence-corrected chi connectivity index (χ1v) is 5.24. The predicted octanol–water partition coefficient (Wildman–Crippen LogP) is -0.925. The second kappa shape index (κ2) is 5.04. The monoisotopic (exact) mass is 227 g/mol. The lowest BCUT2D eigenvalue weighted by molar-refractivity contribution is -0.0832. The fourth-order valence-corrected chi connectivity index (χ4v) is 1.57. The molecule has 16 heavy (non-hydrogen) atoms. The van der Waals surface area contributed by atoms with Crippen molar-refractivity contribution in [1.82, 2.24) is 21.0 Å². The van der Waals surface area contributed by atoms with E-state index in [1.807, 2.05) is 0 Å². The summed E-state index contributed by atoms with van der Waals surface area (Å²) in [5.74, 6) is 1.14. The molecular formula is C9H17N5O2.